The fourth-order valence-electron chi connectivity index (χ4n) is 3.86. The molecule has 2 aromatic heterocycles. The highest BCUT2D eigenvalue weighted by molar-refractivity contribution is 7.90. The van der Waals surface area contributed by atoms with Crippen molar-refractivity contribution in [2.45, 2.75) is 25.0 Å². The number of H-pyrrole nitrogens is 1. The van der Waals surface area contributed by atoms with E-state index >= 15 is 0 Å². The fraction of sp³-hybridized carbons (Fsp3) is 0.348. The zero-order chi connectivity index (χ0) is 23.3. The van der Waals surface area contributed by atoms with Gasteiger partial charge in [-0.3, -0.25) is 9.89 Å². The molecule has 1 amide bonds. The molecule has 3 aromatic rings. The lowest BCUT2D eigenvalue weighted by molar-refractivity contribution is -0.114. The minimum atomic E-state index is -3.47. The summed E-state index contributed by atoms with van der Waals surface area (Å²) in [6.45, 7) is 3.03. The Morgan fingerprint density at radius 2 is 1.97 bits per heavy atom. The average Bonchev–Trinajstić information content (AvgIpc) is 3.27. The summed E-state index contributed by atoms with van der Waals surface area (Å²) in [6, 6.07) is 12.9. The standard InChI is InChI=1S/C23H27N5O4S/c1-17(22-20-8-5-11-24-23(20)27-26-22)16-21(29)28(18-6-3-2-4-7-18)13-12-25-33(30,31)19-9-14-32-15-10-19/h2-8,11,16,19,25H,9-10,12-15H2,1H3,(H,24,26,27)/b17-16+. The van der Waals surface area contributed by atoms with Crippen LogP contribution >= 0.6 is 0 Å². The number of pyridine rings is 1. The number of aromatic nitrogens is 3. The number of ether oxygens (including phenoxy) is 1. The Hall–Kier alpha value is -3.08. The molecule has 3 heterocycles. The molecule has 9 nitrogen and oxygen atoms in total. The molecule has 0 aliphatic carbocycles. The van der Waals surface area contributed by atoms with E-state index in [1.165, 1.54) is 6.08 Å². The molecule has 0 unspecified atom stereocenters. The van der Waals surface area contributed by atoms with Gasteiger partial charge in [0.15, 0.2) is 5.65 Å². The van der Waals surface area contributed by atoms with Gasteiger partial charge in [0.1, 0.15) is 0 Å². The van der Waals surface area contributed by atoms with Crippen LogP contribution in [0.3, 0.4) is 0 Å². The van der Waals surface area contributed by atoms with Crippen molar-refractivity contribution in [3.8, 4) is 0 Å². The SMILES string of the molecule is C/C(=C\C(=O)N(CCNS(=O)(=O)C1CCOCC1)c1ccccc1)c1[nH]nc2ncccc12. The van der Waals surface area contributed by atoms with E-state index in [0.29, 0.717) is 43.0 Å². The summed E-state index contributed by atoms with van der Waals surface area (Å²) in [5.74, 6) is -0.254. The maximum atomic E-state index is 13.2. The number of fused-ring (bicyclic) bond motifs is 1. The smallest absolute Gasteiger partial charge is 0.251 e. The molecule has 1 aromatic carbocycles. The Kier molecular flexibility index (Phi) is 7.17. The highest BCUT2D eigenvalue weighted by atomic mass is 32.2. The lowest BCUT2D eigenvalue weighted by Crippen LogP contribution is -2.42. The average molecular weight is 470 g/mol. The van der Waals surface area contributed by atoms with E-state index in [2.05, 4.69) is 19.9 Å². The summed E-state index contributed by atoms with van der Waals surface area (Å²) < 4.78 is 33.2. The monoisotopic (exact) mass is 469 g/mol. The van der Waals surface area contributed by atoms with Crippen molar-refractivity contribution in [2.24, 2.45) is 0 Å². The highest BCUT2D eigenvalue weighted by Gasteiger charge is 2.27. The normalized spacial score (nSPS) is 15.6. The third-order valence-corrected chi connectivity index (χ3v) is 7.60. The number of nitrogens with one attached hydrogen (secondary N) is 2. The topological polar surface area (TPSA) is 117 Å². The number of hydrogen-bond acceptors (Lipinski definition) is 6. The van der Waals surface area contributed by atoms with Crippen LogP contribution in [0.5, 0.6) is 0 Å². The summed E-state index contributed by atoms with van der Waals surface area (Å²) in [7, 11) is -3.47. The van der Waals surface area contributed by atoms with E-state index in [-0.39, 0.29) is 19.0 Å². The molecule has 33 heavy (non-hydrogen) atoms. The van der Waals surface area contributed by atoms with Crippen molar-refractivity contribution < 1.29 is 17.9 Å². The molecule has 0 saturated carbocycles. The van der Waals surface area contributed by atoms with E-state index < -0.39 is 15.3 Å². The molecule has 0 bridgehead atoms. The van der Waals surface area contributed by atoms with E-state index in [0.717, 1.165) is 11.1 Å². The van der Waals surface area contributed by atoms with E-state index in [1.54, 1.807) is 11.1 Å². The Balaban J connectivity index is 1.51. The van der Waals surface area contributed by atoms with Gasteiger partial charge in [-0.2, -0.15) is 5.10 Å². The van der Waals surface area contributed by atoms with Crippen molar-refractivity contribution in [3.63, 3.8) is 0 Å². The first-order valence-corrected chi connectivity index (χ1v) is 12.4. The lowest BCUT2D eigenvalue weighted by atomic mass is 10.1. The molecule has 10 heteroatoms. The van der Waals surface area contributed by atoms with Gasteiger partial charge in [0.2, 0.25) is 10.0 Å². The Bertz CT molecular complexity index is 1230. The van der Waals surface area contributed by atoms with Crippen LogP contribution in [0.1, 0.15) is 25.5 Å². The van der Waals surface area contributed by atoms with E-state index in [4.69, 9.17) is 4.74 Å². The van der Waals surface area contributed by atoms with Crippen LogP contribution in [-0.4, -0.2) is 61.1 Å². The summed E-state index contributed by atoms with van der Waals surface area (Å²) in [6.07, 6.45) is 4.15. The molecule has 1 fully saturated rings. The van der Waals surface area contributed by atoms with Crippen molar-refractivity contribution in [2.75, 3.05) is 31.2 Å². The maximum absolute atomic E-state index is 13.2. The summed E-state index contributed by atoms with van der Waals surface area (Å²) in [4.78, 5) is 19.0. The van der Waals surface area contributed by atoms with Gasteiger partial charge < -0.3 is 9.64 Å². The largest absolute Gasteiger partial charge is 0.381 e. The molecule has 0 spiro atoms. The predicted molar refractivity (Wildman–Crippen MR) is 127 cm³/mol. The van der Waals surface area contributed by atoms with E-state index in [1.807, 2.05) is 49.4 Å². The first-order chi connectivity index (χ1) is 16.0. The third-order valence-electron chi connectivity index (χ3n) is 5.64. The van der Waals surface area contributed by atoms with Crippen LogP contribution in [0.25, 0.3) is 16.6 Å². The first-order valence-electron chi connectivity index (χ1n) is 10.9. The van der Waals surface area contributed by atoms with Gasteiger partial charge in [0.05, 0.1) is 10.9 Å². The second-order valence-corrected chi connectivity index (χ2v) is 9.92. The minimum absolute atomic E-state index is 0.115. The number of carbonyl (C=O) groups excluding carboxylic acids is 1. The predicted octanol–water partition coefficient (Wildman–Crippen LogP) is 2.49. The van der Waals surface area contributed by atoms with Gasteiger partial charge in [-0.25, -0.2) is 18.1 Å². The number of amides is 1. The van der Waals surface area contributed by atoms with Gasteiger partial charge in [0.25, 0.3) is 5.91 Å². The fourth-order valence-corrected chi connectivity index (χ4v) is 5.29. The van der Waals surface area contributed by atoms with Gasteiger partial charge in [-0.15, -0.1) is 0 Å². The van der Waals surface area contributed by atoms with Crippen LogP contribution in [0.2, 0.25) is 0 Å². The van der Waals surface area contributed by atoms with Crippen molar-refractivity contribution in [3.05, 3.63) is 60.4 Å². The summed E-state index contributed by atoms with van der Waals surface area (Å²) in [5, 5.41) is 7.49. The molecule has 1 aliphatic heterocycles. The summed E-state index contributed by atoms with van der Waals surface area (Å²) >= 11 is 0. The molecule has 1 aliphatic rings. The maximum Gasteiger partial charge on any atom is 0.251 e. The number of para-hydroxylation sites is 1. The van der Waals surface area contributed by atoms with Crippen molar-refractivity contribution in [1.82, 2.24) is 19.9 Å². The number of anilines is 1. The number of allylic oxidation sites excluding steroid dienone is 1. The van der Waals surface area contributed by atoms with Gasteiger partial charge in [0, 0.05) is 49.6 Å². The van der Waals surface area contributed by atoms with Gasteiger partial charge in [-0.1, -0.05) is 18.2 Å². The van der Waals surface area contributed by atoms with E-state index in [9.17, 15) is 13.2 Å². The van der Waals surface area contributed by atoms with Crippen molar-refractivity contribution in [1.29, 1.82) is 0 Å². The quantitative estimate of drug-likeness (QED) is 0.490. The second kappa shape index (κ2) is 10.2. The Morgan fingerprint density at radius 3 is 2.73 bits per heavy atom. The number of aromatic amines is 1. The Labute approximate surface area is 192 Å². The lowest BCUT2D eigenvalue weighted by Gasteiger charge is -2.25. The molecule has 2 N–H and O–H groups in total. The number of carbonyl (C=O) groups is 1. The van der Waals surface area contributed by atoms with Crippen LogP contribution < -0.4 is 9.62 Å². The first kappa shape index (κ1) is 23.1. The zero-order valence-corrected chi connectivity index (χ0v) is 19.2. The van der Waals surface area contributed by atoms with Crippen LogP contribution in [0.4, 0.5) is 5.69 Å². The summed E-state index contributed by atoms with van der Waals surface area (Å²) in [5.41, 5.74) is 2.70. The molecule has 1 saturated heterocycles. The number of rotatable bonds is 8. The number of nitrogens with zero attached hydrogens (tertiary/aromatic N) is 3. The highest BCUT2D eigenvalue weighted by Crippen LogP contribution is 2.22. The second-order valence-electron chi connectivity index (χ2n) is 7.88. The number of benzene rings is 1. The molecular formula is C23H27N5O4S. The zero-order valence-electron chi connectivity index (χ0n) is 18.4. The Morgan fingerprint density at radius 1 is 1.21 bits per heavy atom. The minimum Gasteiger partial charge on any atom is -0.381 e. The molecule has 174 valence electrons. The molecular weight excluding hydrogens is 442 g/mol. The number of sulfonamides is 1. The molecule has 0 radical (unpaired) electrons. The third kappa shape index (κ3) is 5.47. The molecule has 0 atom stereocenters. The molecule has 4 rings (SSSR count). The van der Waals surface area contributed by atoms with Crippen LogP contribution in [-0.2, 0) is 19.6 Å². The number of hydrogen-bond donors (Lipinski definition) is 2. The van der Waals surface area contributed by atoms with Crippen molar-refractivity contribution >= 4 is 38.2 Å². The van der Waals surface area contributed by atoms with Crippen LogP contribution in [0.15, 0.2) is 54.7 Å². The van der Waals surface area contributed by atoms with Gasteiger partial charge >= 0.3 is 0 Å². The van der Waals surface area contributed by atoms with Crippen LogP contribution in [0, 0.1) is 0 Å². The van der Waals surface area contributed by atoms with Gasteiger partial charge in [-0.05, 0) is 49.6 Å².